The lowest BCUT2D eigenvalue weighted by molar-refractivity contribution is -0.0424. The molecule has 2 atom stereocenters. The molecule has 0 aromatic heterocycles. The first-order chi connectivity index (χ1) is 11.0. The number of nitrogens with two attached hydrogens (primary N) is 1. The highest BCUT2D eigenvalue weighted by molar-refractivity contribution is 6.30. The van der Waals surface area contributed by atoms with Crippen molar-refractivity contribution < 1.29 is 14.6 Å². The molecule has 3 N–H and O–H groups in total. The summed E-state index contributed by atoms with van der Waals surface area (Å²) >= 11 is 5.95. The van der Waals surface area contributed by atoms with Gasteiger partial charge in [0.05, 0.1) is 6.61 Å². The predicted octanol–water partition coefficient (Wildman–Crippen LogP) is 3.35. The van der Waals surface area contributed by atoms with Crippen molar-refractivity contribution in [3.63, 3.8) is 0 Å². The molecule has 2 aromatic rings. The highest BCUT2D eigenvalue weighted by Crippen LogP contribution is 2.36. The van der Waals surface area contributed by atoms with E-state index in [9.17, 15) is 5.11 Å². The van der Waals surface area contributed by atoms with Gasteiger partial charge < -0.3 is 20.3 Å². The smallest absolute Gasteiger partial charge is 0.162 e. The van der Waals surface area contributed by atoms with Crippen LogP contribution in [0.1, 0.15) is 19.4 Å². The predicted molar refractivity (Wildman–Crippen MR) is 92.1 cm³/mol. The van der Waals surface area contributed by atoms with Gasteiger partial charge >= 0.3 is 0 Å². The molecule has 23 heavy (non-hydrogen) atoms. The van der Waals surface area contributed by atoms with Crippen molar-refractivity contribution >= 4 is 11.6 Å². The van der Waals surface area contributed by atoms with E-state index < -0.39 is 11.7 Å². The first-order valence-electron chi connectivity index (χ1n) is 7.56. The van der Waals surface area contributed by atoms with E-state index in [0.717, 1.165) is 5.56 Å². The van der Waals surface area contributed by atoms with Crippen LogP contribution in [0.4, 0.5) is 0 Å². The molecule has 0 aliphatic carbocycles. The Balaban J connectivity index is 2.42. The molecular formula is C18H22ClNO3. The molecular weight excluding hydrogens is 314 g/mol. The monoisotopic (exact) mass is 335 g/mol. The zero-order chi connectivity index (χ0) is 16.9. The highest BCUT2D eigenvalue weighted by Gasteiger charge is 2.37. The van der Waals surface area contributed by atoms with Gasteiger partial charge in [-0.15, -0.1) is 0 Å². The van der Waals surface area contributed by atoms with Gasteiger partial charge in [-0.3, -0.25) is 0 Å². The minimum absolute atomic E-state index is 0.0654. The van der Waals surface area contributed by atoms with E-state index >= 15 is 0 Å². The number of ether oxygens (including phenoxy) is 2. The van der Waals surface area contributed by atoms with Gasteiger partial charge in [-0.25, -0.2) is 0 Å². The number of aliphatic hydroxyl groups excluding tert-OH is 1. The normalized spacial score (nSPS) is 14.8. The van der Waals surface area contributed by atoms with E-state index in [1.54, 1.807) is 19.1 Å². The third kappa shape index (κ3) is 3.96. The topological polar surface area (TPSA) is 64.7 Å². The van der Waals surface area contributed by atoms with Crippen molar-refractivity contribution in [2.45, 2.75) is 25.6 Å². The number of hydrogen-bond donors (Lipinski definition) is 2. The Labute approximate surface area is 141 Å². The van der Waals surface area contributed by atoms with Crippen molar-refractivity contribution in [3.8, 4) is 11.5 Å². The second kappa shape index (κ2) is 7.68. The molecule has 0 heterocycles. The van der Waals surface area contributed by atoms with Gasteiger partial charge in [0.25, 0.3) is 0 Å². The van der Waals surface area contributed by atoms with Gasteiger partial charge in [-0.1, -0.05) is 35.9 Å². The van der Waals surface area contributed by atoms with Crippen LogP contribution in [0.15, 0.2) is 48.5 Å². The lowest BCUT2D eigenvalue weighted by Gasteiger charge is -2.35. The summed E-state index contributed by atoms with van der Waals surface area (Å²) in [6.07, 6.45) is -0.890. The number of aliphatic hydroxyl groups is 1. The first-order valence-corrected chi connectivity index (χ1v) is 7.94. The van der Waals surface area contributed by atoms with Crippen LogP contribution in [0.5, 0.6) is 11.5 Å². The number of para-hydroxylation sites is 2. The summed E-state index contributed by atoms with van der Waals surface area (Å²) in [6.45, 7) is 4.30. The molecule has 5 heteroatoms. The van der Waals surface area contributed by atoms with Crippen LogP contribution in [-0.2, 0) is 5.60 Å². The van der Waals surface area contributed by atoms with Gasteiger partial charge in [0, 0.05) is 11.6 Å². The Morgan fingerprint density at radius 2 is 1.74 bits per heavy atom. The molecule has 124 valence electrons. The Morgan fingerprint density at radius 3 is 2.30 bits per heavy atom. The maximum Gasteiger partial charge on any atom is 0.162 e. The van der Waals surface area contributed by atoms with Gasteiger partial charge in [-0.2, -0.15) is 0 Å². The van der Waals surface area contributed by atoms with Crippen LogP contribution < -0.4 is 15.2 Å². The van der Waals surface area contributed by atoms with Gasteiger partial charge in [-0.05, 0) is 43.7 Å². The average Bonchev–Trinajstić information content (AvgIpc) is 2.56. The number of benzene rings is 2. The molecule has 0 aliphatic heterocycles. The number of halogens is 1. The standard InChI is InChI=1S/C18H22ClNO3/c1-3-22-15-6-4-5-7-16(15)23-18(2,17(21)12-20)13-8-10-14(19)11-9-13/h4-11,17,21H,3,12,20H2,1-2H3. The molecule has 4 nitrogen and oxygen atoms in total. The third-order valence-electron chi connectivity index (χ3n) is 3.75. The fourth-order valence-corrected chi connectivity index (χ4v) is 2.49. The molecule has 0 bridgehead atoms. The number of hydrogen-bond acceptors (Lipinski definition) is 4. The first kappa shape index (κ1) is 17.6. The second-order valence-corrected chi connectivity index (χ2v) is 5.78. The molecule has 0 fully saturated rings. The van der Waals surface area contributed by atoms with E-state index in [2.05, 4.69) is 0 Å². The summed E-state index contributed by atoms with van der Waals surface area (Å²) in [6, 6.07) is 14.5. The molecule has 2 rings (SSSR count). The van der Waals surface area contributed by atoms with Crippen LogP contribution in [-0.4, -0.2) is 24.4 Å². The Bertz CT molecular complexity index is 632. The second-order valence-electron chi connectivity index (χ2n) is 5.35. The Morgan fingerprint density at radius 1 is 1.13 bits per heavy atom. The fourth-order valence-electron chi connectivity index (χ4n) is 2.36. The molecule has 2 unspecified atom stereocenters. The molecule has 0 saturated carbocycles. The Hall–Kier alpha value is -1.75. The van der Waals surface area contributed by atoms with E-state index in [-0.39, 0.29) is 6.54 Å². The van der Waals surface area contributed by atoms with E-state index in [1.807, 2.05) is 43.3 Å². The molecule has 2 aromatic carbocycles. The van der Waals surface area contributed by atoms with E-state index in [0.29, 0.717) is 23.1 Å². The van der Waals surface area contributed by atoms with Crippen LogP contribution >= 0.6 is 11.6 Å². The quantitative estimate of drug-likeness (QED) is 0.814. The zero-order valence-corrected chi connectivity index (χ0v) is 14.1. The number of rotatable bonds is 7. The fraction of sp³-hybridized carbons (Fsp3) is 0.333. The van der Waals surface area contributed by atoms with Gasteiger partial charge in [0.2, 0.25) is 0 Å². The average molecular weight is 336 g/mol. The molecule has 0 aliphatic rings. The van der Waals surface area contributed by atoms with Crippen molar-refractivity contribution in [1.29, 1.82) is 0 Å². The van der Waals surface area contributed by atoms with Crippen molar-refractivity contribution in [3.05, 3.63) is 59.1 Å². The summed E-state index contributed by atoms with van der Waals surface area (Å²) in [5.41, 5.74) is 5.45. The summed E-state index contributed by atoms with van der Waals surface area (Å²) in [4.78, 5) is 0. The maximum atomic E-state index is 10.5. The van der Waals surface area contributed by atoms with Crippen molar-refractivity contribution in [2.24, 2.45) is 5.73 Å². The lowest BCUT2D eigenvalue weighted by Crippen LogP contribution is -2.46. The van der Waals surface area contributed by atoms with Crippen LogP contribution in [0.3, 0.4) is 0 Å². The molecule has 0 radical (unpaired) electrons. The maximum absolute atomic E-state index is 10.5. The molecule has 0 spiro atoms. The third-order valence-corrected chi connectivity index (χ3v) is 4.00. The summed E-state index contributed by atoms with van der Waals surface area (Å²) in [5.74, 6) is 1.18. The lowest BCUT2D eigenvalue weighted by atomic mass is 9.89. The highest BCUT2D eigenvalue weighted by atomic mass is 35.5. The molecule has 0 saturated heterocycles. The summed E-state index contributed by atoms with van der Waals surface area (Å²) in [5, 5.41) is 11.1. The molecule has 0 amide bonds. The van der Waals surface area contributed by atoms with Crippen molar-refractivity contribution in [1.82, 2.24) is 0 Å². The SMILES string of the molecule is CCOc1ccccc1OC(C)(c1ccc(Cl)cc1)C(O)CN. The van der Waals surface area contributed by atoms with E-state index in [4.69, 9.17) is 26.8 Å². The summed E-state index contributed by atoms with van der Waals surface area (Å²) < 4.78 is 11.8. The van der Waals surface area contributed by atoms with Crippen LogP contribution in [0, 0.1) is 0 Å². The zero-order valence-electron chi connectivity index (χ0n) is 13.3. The van der Waals surface area contributed by atoms with Crippen LogP contribution in [0.25, 0.3) is 0 Å². The minimum Gasteiger partial charge on any atom is -0.490 e. The minimum atomic E-state index is -1.02. The Kier molecular flexibility index (Phi) is 5.88. The van der Waals surface area contributed by atoms with Gasteiger partial charge in [0.1, 0.15) is 6.10 Å². The van der Waals surface area contributed by atoms with Gasteiger partial charge in [0.15, 0.2) is 17.1 Å². The summed E-state index contributed by atoms with van der Waals surface area (Å²) in [7, 11) is 0. The van der Waals surface area contributed by atoms with Crippen molar-refractivity contribution in [2.75, 3.05) is 13.2 Å². The van der Waals surface area contributed by atoms with Crippen LogP contribution in [0.2, 0.25) is 5.02 Å². The van der Waals surface area contributed by atoms with E-state index in [1.165, 1.54) is 0 Å². The largest absolute Gasteiger partial charge is 0.490 e.